The minimum atomic E-state index is -0.880. The van der Waals surface area contributed by atoms with Crippen LogP contribution in [0.1, 0.15) is 11.3 Å². The molecule has 2 N–H and O–H groups in total. The minimum Gasteiger partial charge on any atom is -0.338 e. The highest BCUT2D eigenvalue weighted by Crippen LogP contribution is 2.08. The number of pyridine rings is 1. The predicted octanol–water partition coefficient (Wildman–Crippen LogP) is 2.70. The number of carbonyl (C=O) groups excluding carboxylic acids is 1. The van der Waals surface area contributed by atoms with Crippen molar-refractivity contribution in [3.8, 4) is 0 Å². The SMILES string of the molecule is O=C(NCCc1ccc(F)c(F)c1)NCCc1cn2ccccc2n1. The molecule has 5 nitrogen and oxygen atoms in total. The van der Waals surface area contributed by atoms with Crippen molar-refractivity contribution in [1.29, 1.82) is 0 Å². The average molecular weight is 344 g/mol. The highest BCUT2D eigenvalue weighted by atomic mass is 19.2. The molecule has 0 aliphatic rings. The van der Waals surface area contributed by atoms with E-state index in [1.54, 1.807) is 0 Å². The second-order valence-electron chi connectivity index (χ2n) is 5.63. The fourth-order valence-electron chi connectivity index (χ4n) is 2.49. The molecule has 25 heavy (non-hydrogen) atoms. The highest BCUT2D eigenvalue weighted by molar-refractivity contribution is 5.73. The van der Waals surface area contributed by atoms with Crippen LogP contribution in [0, 0.1) is 11.6 Å². The number of nitrogens with one attached hydrogen (secondary N) is 2. The van der Waals surface area contributed by atoms with Gasteiger partial charge >= 0.3 is 6.03 Å². The van der Waals surface area contributed by atoms with Gasteiger partial charge in [0.2, 0.25) is 0 Å². The van der Waals surface area contributed by atoms with Crippen LogP contribution in [-0.2, 0) is 12.8 Å². The Morgan fingerprint density at radius 2 is 1.84 bits per heavy atom. The fraction of sp³-hybridized carbons (Fsp3) is 0.222. The first-order chi connectivity index (χ1) is 12.1. The molecule has 3 rings (SSSR count). The predicted molar refractivity (Wildman–Crippen MR) is 90.4 cm³/mol. The Balaban J connectivity index is 1.38. The van der Waals surface area contributed by atoms with Crippen molar-refractivity contribution >= 4 is 11.7 Å². The van der Waals surface area contributed by atoms with Crippen molar-refractivity contribution < 1.29 is 13.6 Å². The number of urea groups is 1. The lowest BCUT2D eigenvalue weighted by atomic mass is 10.1. The molecule has 0 unspecified atom stereocenters. The average Bonchev–Trinajstić information content (AvgIpc) is 3.01. The van der Waals surface area contributed by atoms with Crippen LogP contribution in [0.25, 0.3) is 5.65 Å². The topological polar surface area (TPSA) is 58.4 Å². The van der Waals surface area contributed by atoms with Crippen molar-refractivity contribution in [3.05, 3.63) is 71.7 Å². The quantitative estimate of drug-likeness (QED) is 0.722. The van der Waals surface area contributed by atoms with E-state index in [-0.39, 0.29) is 6.03 Å². The third-order valence-corrected chi connectivity index (χ3v) is 3.76. The van der Waals surface area contributed by atoms with Crippen LogP contribution in [-0.4, -0.2) is 28.5 Å². The maximum atomic E-state index is 13.1. The van der Waals surface area contributed by atoms with Crippen molar-refractivity contribution in [2.45, 2.75) is 12.8 Å². The first kappa shape index (κ1) is 16.9. The molecule has 3 aromatic rings. The largest absolute Gasteiger partial charge is 0.338 e. The van der Waals surface area contributed by atoms with Crippen LogP contribution < -0.4 is 10.6 Å². The smallest absolute Gasteiger partial charge is 0.314 e. The van der Waals surface area contributed by atoms with Crippen LogP contribution >= 0.6 is 0 Å². The summed E-state index contributed by atoms with van der Waals surface area (Å²) < 4.78 is 27.9. The van der Waals surface area contributed by atoms with Gasteiger partial charge in [0.25, 0.3) is 0 Å². The summed E-state index contributed by atoms with van der Waals surface area (Å²) in [6.07, 6.45) is 4.90. The Bertz CT molecular complexity index is 845. The van der Waals surface area contributed by atoms with Gasteiger partial charge in [0.1, 0.15) is 5.65 Å². The van der Waals surface area contributed by atoms with E-state index in [0.29, 0.717) is 31.5 Å². The van der Waals surface area contributed by atoms with Gasteiger partial charge in [0.15, 0.2) is 11.6 Å². The molecule has 0 radical (unpaired) electrons. The van der Waals surface area contributed by atoms with E-state index < -0.39 is 11.6 Å². The summed E-state index contributed by atoms with van der Waals surface area (Å²) in [6.45, 7) is 0.798. The fourth-order valence-corrected chi connectivity index (χ4v) is 2.49. The van der Waals surface area contributed by atoms with Gasteiger partial charge in [-0.1, -0.05) is 12.1 Å². The van der Waals surface area contributed by atoms with Gasteiger partial charge in [-0.05, 0) is 36.2 Å². The molecular weight excluding hydrogens is 326 g/mol. The first-order valence-electron chi connectivity index (χ1n) is 8.00. The van der Waals surface area contributed by atoms with Crippen LogP contribution in [0.15, 0.2) is 48.8 Å². The van der Waals surface area contributed by atoms with Crippen molar-refractivity contribution in [1.82, 2.24) is 20.0 Å². The van der Waals surface area contributed by atoms with Crippen LogP contribution in [0.4, 0.5) is 13.6 Å². The zero-order valence-electron chi connectivity index (χ0n) is 13.5. The Labute approximate surface area is 143 Å². The molecule has 1 aromatic carbocycles. The number of carbonyl (C=O) groups is 1. The molecule has 0 saturated heterocycles. The number of aromatic nitrogens is 2. The zero-order valence-corrected chi connectivity index (χ0v) is 13.5. The zero-order chi connectivity index (χ0) is 17.6. The van der Waals surface area contributed by atoms with Gasteiger partial charge in [0, 0.05) is 31.9 Å². The third-order valence-electron chi connectivity index (χ3n) is 3.76. The summed E-state index contributed by atoms with van der Waals surface area (Å²) >= 11 is 0. The number of nitrogens with zero attached hydrogens (tertiary/aromatic N) is 2. The van der Waals surface area contributed by atoms with Gasteiger partial charge in [0.05, 0.1) is 5.69 Å². The van der Waals surface area contributed by atoms with E-state index in [9.17, 15) is 13.6 Å². The number of hydrogen-bond donors (Lipinski definition) is 2. The van der Waals surface area contributed by atoms with Crippen molar-refractivity contribution in [2.24, 2.45) is 0 Å². The van der Waals surface area contributed by atoms with Gasteiger partial charge in [-0.25, -0.2) is 18.6 Å². The summed E-state index contributed by atoms with van der Waals surface area (Å²) in [7, 11) is 0. The van der Waals surface area contributed by atoms with Gasteiger partial charge in [-0.2, -0.15) is 0 Å². The van der Waals surface area contributed by atoms with E-state index >= 15 is 0 Å². The maximum Gasteiger partial charge on any atom is 0.314 e. The van der Waals surface area contributed by atoms with Crippen LogP contribution in [0.3, 0.4) is 0 Å². The number of rotatable bonds is 6. The molecule has 0 spiro atoms. The van der Waals surface area contributed by atoms with E-state index in [1.807, 2.05) is 35.0 Å². The second kappa shape index (κ2) is 7.74. The lowest BCUT2D eigenvalue weighted by molar-refractivity contribution is 0.241. The van der Waals surface area contributed by atoms with Crippen molar-refractivity contribution in [3.63, 3.8) is 0 Å². The number of benzene rings is 1. The molecule has 0 aliphatic carbocycles. The normalized spacial score (nSPS) is 10.8. The Hall–Kier alpha value is -2.96. The van der Waals surface area contributed by atoms with Gasteiger partial charge < -0.3 is 15.0 Å². The molecule has 0 fully saturated rings. The summed E-state index contributed by atoms with van der Waals surface area (Å²) in [5.41, 5.74) is 2.39. The molecule has 2 aromatic heterocycles. The first-order valence-corrected chi connectivity index (χ1v) is 8.00. The molecule has 0 bridgehead atoms. The summed E-state index contributed by atoms with van der Waals surface area (Å²) in [5, 5.41) is 5.44. The standard InChI is InChI=1S/C18H18F2N4O/c19-15-5-4-13(11-16(15)20)6-8-21-18(25)22-9-7-14-12-24-10-2-1-3-17(24)23-14/h1-5,10-12H,6-9H2,(H2,21,22,25). The highest BCUT2D eigenvalue weighted by Gasteiger charge is 2.05. The van der Waals surface area contributed by atoms with E-state index in [0.717, 1.165) is 23.5 Å². The summed E-state index contributed by atoms with van der Waals surface area (Å²) in [6, 6.07) is 9.19. The molecule has 2 amide bonds. The van der Waals surface area contributed by atoms with E-state index in [4.69, 9.17) is 0 Å². The molecule has 130 valence electrons. The number of halogens is 2. The molecule has 7 heteroatoms. The summed E-state index contributed by atoms with van der Waals surface area (Å²) in [5.74, 6) is -1.75. The maximum absolute atomic E-state index is 13.1. The monoisotopic (exact) mass is 344 g/mol. The lowest BCUT2D eigenvalue weighted by Crippen LogP contribution is -2.37. The Morgan fingerprint density at radius 3 is 2.60 bits per heavy atom. The van der Waals surface area contributed by atoms with Gasteiger partial charge in [-0.3, -0.25) is 0 Å². The second-order valence-corrected chi connectivity index (χ2v) is 5.63. The Morgan fingerprint density at radius 1 is 1.04 bits per heavy atom. The van der Waals surface area contributed by atoms with E-state index in [2.05, 4.69) is 15.6 Å². The summed E-state index contributed by atoms with van der Waals surface area (Å²) in [4.78, 5) is 16.2. The Kier molecular flexibility index (Phi) is 5.23. The number of hydrogen-bond acceptors (Lipinski definition) is 2. The van der Waals surface area contributed by atoms with Crippen LogP contribution in [0.2, 0.25) is 0 Å². The van der Waals surface area contributed by atoms with Crippen LogP contribution in [0.5, 0.6) is 0 Å². The molecule has 2 heterocycles. The molecule has 0 aliphatic heterocycles. The van der Waals surface area contributed by atoms with Gasteiger partial charge in [-0.15, -0.1) is 0 Å². The number of fused-ring (bicyclic) bond motifs is 1. The number of imidazole rings is 1. The third kappa shape index (κ3) is 4.53. The molecule has 0 atom stereocenters. The molecule has 0 saturated carbocycles. The molecular formula is C18H18F2N4O. The lowest BCUT2D eigenvalue weighted by Gasteiger charge is -2.07. The van der Waals surface area contributed by atoms with Crippen molar-refractivity contribution in [2.75, 3.05) is 13.1 Å². The van der Waals surface area contributed by atoms with E-state index in [1.165, 1.54) is 6.07 Å². The minimum absolute atomic E-state index is 0.300. The number of amides is 2.